The summed E-state index contributed by atoms with van der Waals surface area (Å²) in [5.41, 5.74) is 0.263. The van der Waals surface area contributed by atoms with Gasteiger partial charge in [0.2, 0.25) is 0 Å². The number of carbonyl (C=O) groups is 2. The lowest BCUT2D eigenvalue weighted by Crippen LogP contribution is -2.48. The van der Waals surface area contributed by atoms with E-state index in [2.05, 4.69) is 4.98 Å². The van der Waals surface area contributed by atoms with Crippen LogP contribution in [0, 0.1) is 5.41 Å². The lowest BCUT2D eigenvalue weighted by Gasteiger charge is -2.38. The maximum atomic E-state index is 12.4. The molecule has 0 aromatic carbocycles. The van der Waals surface area contributed by atoms with Crippen molar-refractivity contribution >= 4 is 12.0 Å². The molecule has 1 fully saturated rings. The summed E-state index contributed by atoms with van der Waals surface area (Å²) in [5.74, 6) is -0.779. The van der Waals surface area contributed by atoms with E-state index in [0.29, 0.717) is 32.5 Å². The number of carbonyl (C=O) groups excluding carboxylic acids is 1. The lowest BCUT2D eigenvalue weighted by molar-refractivity contribution is -0.150. The van der Waals surface area contributed by atoms with Crippen LogP contribution < -0.4 is 0 Å². The second kappa shape index (κ2) is 6.11. The molecule has 0 unspecified atom stereocenters. The second-order valence-corrected chi connectivity index (χ2v) is 5.85. The molecule has 0 atom stereocenters. The molecular formula is C15H21N3O3. The molecule has 114 valence electrons. The van der Waals surface area contributed by atoms with E-state index in [1.165, 1.54) is 0 Å². The normalized spacial score (nSPS) is 17.3. The van der Waals surface area contributed by atoms with Gasteiger partial charge in [0.05, 0.1) is 5.41 Å². The highest BCUT2D eigenvalue weighted by molar-refractivity contribution is 5.77. The second-order valence-electron chi connectivity index (χ2n) is 5.85. The molecule has 2 heterocycles. The third kappa shape index (κ3) is 3.51. The van der Waals surface area contributed by atoms with Crippen molar-refractivity contribution in [3.8, 4) is 0 Å². The number of rotatable bonds is 3. The van der Waals surface area contributed by atoms with Crippen molar-refractivity contribution in [1.29, 1.82) is 0 Å². The van der Waals surface area contributed by atoms with Crippen molar-refractivity contribution in [2.45, 2.75) is 26.3 Å². The number of piperidine rings is 1. The first-order chi connectivity index (χ1) is 9.92. The van der Waals surface area contributed by atoms with Crippen molar-refractivity contribution in [3.63, 3.8) is 0 Å². The van der Waals surface area contributed by atoms with Crippen LogP contribution in [0.4, 0.5) is 4.79 Å². The Morgan fingerprint density at radius 3 is 2.62 bits per heavy atom. The van der Waals surface area contributed by atoms with Gasteiger partial charge in [-0.3, -0.25) is 9.78 Å². The fourth-order valence-electron chi connectivity index (χ4n) is 2.48. The highest BCUT2D eigenvalue weighted by Gasteiger charge is 2.38. The Balaban J connectivity index is 1.91. The van der Waals surface area contributed by atoms with Gasteiger partial charge in [-0.05, 0) is 31.4 Å². The van der Waals surface area contributed by atoms with Gasteiger partial charge in [0.1, 0.15) is 0 Å². The monoisotopic (exact) mass is 291 g/mol. The molecule has 0 spiro atoms. The molecule has 6 heteroatoms. The highest BCUT2D eigenvalue weighted by Crippen LogP contribution is 2.31. The fraction of sp³-hybridized carbons (Fsp3) is 0.533. The summed E-state index contributed by atoms with van der Waals surface area (Å²) in [6.45, 7) is 3.22. The Kier molecular flexibility index (Phi) is 4.45. The van der Waals surface area contributed by atoms with E-state index in [9.17, 15) is 14.7 Å². The Labute approximate surface area is 124 Å². The Hall–Kier alpha value is -2.11. The number of aromatic nitrogens is 1. The van der Waals surface area contributed by atoms with Crippen molar-refractivity contribution in [2.24, 2.45) is 5.41 Å². The van der Waals surface area contributed by atoms with Crippen LogP contribution in [-0.4, -0.2) is 52.0 Å². The van der Waals surface area contributed by atoms with Gasteiger partial charge < -0.3 is 14.9 Å². The SMILES string of the molecule is CN(Cc1cccnc1)C(=O)N1CCC(C)(C(=O)O)CC1. The van der Waals surface area contributed by atoms with E-state index in [4.69, 9.17) is 0 Å². The van der Waals surface area contributed by atoms with Crippen molar-refractivity contribution in [2.75, 3.05) is 20.1 Å². The Bertz CT molecular complexity index is 510. The van der Waals surface area contributed by atoms with Crippen LogP contribution in [0.3, 0.4) is 0 Å². The minimum atomic E-state index is -0.779. The first-order valence-corrected chi connectivity index (χ1v) is 7.05. The maximum Gasteiger partial charge on any atom is 0.320 e. The standard InChI is InChI=1S/C15H21N3O3/c1-15(13(19)20)5-8-18(9-6-15)14(21)17(2)11-12-4-3-7-16-10-12/h3-4,7,10H,5-6,8-9,11H2,1-2H3,(H,19,20). The van der Waals surface area contributed by atoms with Crippen LogP contribution in [0.15, 0.2) is 24.5 Å². The highest BCUT2D eigenvalue weighted by atomic mass is 16.4. The molecule has 0 radical (unpaired) electrons. The van der Waals surface area contributed by atoms with E-state index in [1.54, 1.807) is 36.2 Å². The van der Waals surface area contributed by atoms with E-state index in [-0.39, 0.29) is 6.03 Å². The quantitative estimate of drug-likeness (QED) is 0.922. The summed E-state index contributed by atoms with van der Waals surface area (Å²) in [5, 5.41) is 9.21. The number of hydrogen-bond donors (Lipinski definition) is 1. The summed E-state index contributed by atoms with van der Waals surface area (Å²) in [6.07, 6.45) is 4.42. The third-order valence-corrected chi connectivity index (χ3v) is 4.12. The lowest BCUT2D eigenvalue weighted by atomic mass is 9.80. The summed E-state index contributed by atoms with van der Waals surface area (Å²) >= 11 is 0. The summed E-state index contributed by atoms with van der Waals surface area (Å²) in [6, 6.07) is 3.70. The zero-order chi connectivity index (χ0) is 15.5. The number of likely N-dealkylation sites (tertiary alicyclic amines) is 1. The molecule has 1 saturated heterocycles. The summed E-state index contributed by atoms with van der Waals surface area (Å²) in [7, 11) is 1.75. The van der Waals surface area contributed by atoms with E-state index in [1.807, 2.05) is 12.1 Å². The number of hydrogen-bond acceptors (Lipinski definition) is 3. The van der Waals surface area contributed by atoms with E-state index >= 15 is 0 Å². The van der Waals surface area contributed by atoms with Crippen LogP contribution in [0.2, 0.25) is 0 Å². The van der Waals surface area contributed by atoms with Crippen LogP contribution in [0.1, 0.15) is 25.3 Å². The minimum Gasteiger partial charge on any atom is -0.481 e. The van der Waals surface area contributed by atoms with Gasteiger partial charge >= 0.3 is 12.0 Å². The van der Waals surface area contributed by atoms with Crippen LogP contribution >= 0.6 is 0 Å². The predicted molar refractivity (Wildman–Crippen MR) is 77.6 cm³/mol. The van der Waals surface area contributed by atoms with Gasteiger partial charge in [-0.25, -0.2) is 4.79 Å². The topological polar surface area (TPSA) is 73.7 Å². The number of urea groups is 1. The number of nitrogens with zero attached hydrogens (tertiary/aromatic N) is 3. The Morgan fingerprint density at radius 2 is 2.10 bits per heavy atom. The number of aliphatic carboxylic acids is 1. The van der Waals surface area contributed by atoms with Crippen molar-refractivity contribution in [1.82, 2.24) is 14.8 Å². The first-order valence-electron chi connectivity index (χ1n) is 7.05. The smallest absolute Gasteiger partial charge is 0.320 e. The van der Waals surface area contributed by atoms with Gasteiger partial charge in [-0.2, -0.15) is 0 Å². The van der Waals surface area contributed by atoms with Crippen LogP contribution in [0.5, 0.6) is 0 Å². The molecule has 2 amide bonds. The van der Waals surface area contributed by atoms with Gasteiger partial charge in [-0.15, -0.1) is 0 Å². The van der Waals surface area contributed by atoms with Gasteiger partial charge in [0, 0.05) is 39.1 Å². The average molecular weight is 291 g/mol. The number of amides is 2. The van der Waals surface area contributed by atoms with Crippen molar-refractivity contribution < 1.29 is 14.7 Å². The van der Waals surface area contributed by atoms with E-state index in [0.717, 1.165) is 5.56 Å². The molecule has 0 bridgehead atoms. The molecule has 2 rings (SSSR count). The fourth-order valence-corrected chi connectivity index (χ4v) is 2.48. The summed E-state index contributed by atoms with van der Waals surface area (Å²) in [4.78, 5) is 31.0. The molecule has 0 aliphatic carbocycles. The molecule has 1 aromatic heterocycles. The average Bonchev–Trinajstić information content (AvgIpc) is 2.48. The zero-order valence-electron chi connectivity index (χ0n) is 12.5. The molecule has 1 aromatic rings. The molecule has 21 heavy (non-hydrogen) atoms. The maximum absolute atomic E-state index is 12.4. The third-order valence-electron chi connectivity index (χ3n) is 4.12. The van der Waals surface area contributed by atoms with E-state index < -0.39 is 11.4 Å². The Morgan fingerprint density at radius 1 is 1.43 bits per heavy atom. The largest absolute Gasteiger partial charge is 0.481 e. The number of carboxylic acids is 1. The zero-order valence-corrected chi connectivity index (χ0v) is 12.5. The van der Waals surface area contributed by atoms with Gasteiger partial charge in [0.25, 0.3) is 0 Å². The molecule has 6 nitrogen and oxygen atoms in total. The van der Waals surface area contributed by atoms with Crippen molar-refractivity contribution in [3.05, 3.63) is 30.1 Å². The first kappa shape index (κ1) is 15.3. The molecular weight excluding hydrogens is 270 g/mol. The predicted octanol–water partition coefficient (Wildman–Crippen LogP) is 1.82. The van der Waals surface area contributed by atoms with Crippen LogP contribution in [-0.2, 0) is 11.3 Å². The molecule has 1 aliphatic heterocycles. The summed E-state index contributed by atoms with van der Waals surface area (Å²) < 4.78 is 0. The van der Waals surface area contributed by atoms with Crippen LogP contribution in [0.25, 0.3) is 0 Å². The van der Waals surface area contributed by atoms with Gasteiger partial charge in [0.15, 0.2) is 0 Å². The molecule has 0 saturated carbocycles. The number of pyridine rings is 1. The number of carboxylic acid groups (broad SMARTS) is 1. The van der Waals surface area contributed by atoms with Gasteiger partial charge in [-0.1, -0.05) is 6.07 Å². The minimum absolute atomic E-state index is 0.0636. The molecule has 1 N–H and O–H groups in total. The molecule has 1 aliphatic rings.